The van der Waals surface area contributed by atoms with Crippen molar-refractivity contribution in [1.82, 2.24) is 0 Å². The molecule has 0 aliphatic carbocycles. The minimum atomic E-state index is -1.54. The summed E-state index contributed by atoms with van der Waals surface area (Å²) < 4.78 is 26.5. The Hall–Kier alpha value is -3.07. The molecule has 0 saturated carbocycles. The highest BCUT2D eigenvalue weighted by atomic mass is 19.1. The van der Waals surface area contributed by atoms with Crippen LogP contribution in [0.5, 0.6) is 0 Å². The topological polar surface area (TPSA) is 70.0 Å². The number of carbonyl (C=O) groups is 2. The summed E-state index contributed by atoms with van der Waals surface area (Å²) in [5.41, 5.74) is 0.632. The molecule has 0 saturated heterocycles. The molecule has 0 unspecified atom stereocenters. The third-order valence-electron chi connectivity index (χ3n) is 3.79. The van der Waals surface area contributed by atoms with Gasteiger partial charge in [0.1, 0.15) is 11.6 Å². The third-order valence-corrected chi connectivity index (χ3v) is 3.79. The van der Waals surface area contributed by atoms with Crippen molar-refractivity contribution in [2.45, 2.75) is 19.3 Å². The molecule has 128 valence electrons. The summed E-state index contributed by atoms with van der Waals surface area (Å²) in [7, 11) is 0. The molecule has 2 atom stereocenters. The SMILES string of the molecule is C[C@H](CC(=O)[C@H](C#N)C(=O)Nc1ccccc1F)c1ccc(F)cc1. The molecule has 2 aromatic rings. The van der Waals surface area contributed by atoms with Crippen molar-refractivity contribution in [3.8, 4) is 6.07 Å². The van der Waals surface area contributed by atoms with Gasteiger partial charge in [-0.25, -0.2) is 8.78 Å². The standard InChI is InChI=1S/C19H16F2N2O2/c1-12(13-6-8-14(20)9-7-13)10-18(24)15(11-22)19(25)23-17-5-3-2-4-16(17)21/h2-9,12,15H,10H2,1H3,(H,23,25)/t12-,15+/m1/s1. The number of nitrogens with one attached hydrogen (secondary N) is 1. The summed E-state index contributed by atoms with van der Waals surface area (Å²) in [5.74, 6) is -4.31. The third kappa shape index (κ3) is 4.70. The van der Waals surface area contributed by atoms with E-state index in [9.17, 15) is 18.4 Å². The fourth-order valence-electron chi connectivity index (χ4n) is 2.37. The van der Waals surface area contributed by atoms with Crippen LogP contribution in [0.15, 0.2) is 48.5 Å². The molecule has 1 N–H and O–H groups in total. The van der Waals surface area contributed by atoms with Crippen LogP contribution in [0.1, 0.15) is 24.8 Å². The van der Waals surface area contributed by atoms with Gasteiger partial charge in [-0.05, 0) is 35.7 Å². The van der Waals surface area contributed by atoms with E-state index in [2.05, 4.69) is 5.32 Å². The zero-order chi connectivity index (χ0) is 18.4. The van der Waals surface area contributed by atoms with Crippen molar-refractivity contribution in [2.24, 2.45) is 5.92 Å². The van der Waals surface area contributed by atoms with Gasteiger partial charge in [-0.2, -0.15) is 5.26 Å². The van der Waals surface area contributed by atoms with Gasteiger partial charge >= 0.3 is 0 Å². The summed E-state index contributed by atoms with van der Waals surface area (Å²) in [6.07, 6.45) is -0.0610. The number of ketones is 1. The number of carbonyl (C=O) groups excluding carboxylic acids is 2. The normalized spacial score (nSPS) is 12.7. The Morgan fingerprint density at radius 2 is 1.76 bits per heavy atom. The predicted molar refractivity (Wildman–Crippen MR) is 88.6 cm³/mol. The first-order valence-corrected chi connectivity index (χ1v) is 7.65. The number of rotatable bonds is 6. The zero-order valence-corrected chi connectivity index (χ0v) is 13.5. The van der Waals surface area contributed by atoms with Gasteiger partial charge in [-0.1, -0.05) is 31.2 Å². The number of Topliss-reactive ketones (excluding diaryl/α,β-unsaturated/α-hetero) is 1. The number of hydrogen-bond donors (Lipinski definition) is 1. The maximum Gasteiger partial charge on any atom is 0.249 e. The van der Waals surface area contributed by atoms with Gasteiger partial charge in [-0.15, -0.1) is 0 Å². The van der Waals surface area contributed by atoms with E-state index in [4.69, 9.17) is 5.26 Å². The second kappa shape index (κ2) is 8.15. The summed E-state index contributed by atoms with van der Waals surface area (Å²) in [5, 5.41) is 11.4. The number of anilines is 1. The number of nitriles is 1. The van der Waals surface area contributed by atoms with Crippen molar-refractivity contribution in [2.75, 3.05) is 5.32 Å². The van der Waals surface area contributed by atoms with E-state index < -0.39 is 23.4 Å². The fourth-order valence-corrected chi connectivity index (χ4v) is 2.37. The van der Waals surface area contributed by atoms with Gasteiger partial charge in [-0.3, -0.25) is 9.59 Å². The summed E-state index contributed by atoms with van der Waals surface area (Å²) in [6, 6.07) is 12.8. The van der Waals surface area contributed by atoms with Gasteiger partial charge in [0.2, 0.25) is 5.91 Å². The van der Waals surface area contributed by atoms with Crippen LogP contribution in [0.25, 0.3) is 0 Å². The van der Waals surface area contributed by atoms with Crippen molar-refractivity contribution in [3.05, 3.63) is 65.7 Å². The molecule has 25 heavy (non-hydrogen) atoms. The second-order valence-electron chi connectivity index (χ2n) is 5.65. The first-order chi connectivity index (χ1) is 11.9. The fraction of sp³-hybridized carbons (Fsp3) is 0.211. The number of para-hydroxylation sites is 1. The van der Waals surface area contributed by atoms with Crippen molar-refractivity contribution < 1.29 is 18.4 Å². The van der Waals surface area contributed by atoms with Gasteiger partial charge in [0.25, 0.3) is 0 Å². The van der Waals surface area contributed by atoms with E-state index in [1.54, 1.807) is 25.1 Å². The molecule has 1 amide bonds. The predicted octanol–water partition coefficient (Wildman–Crippen LogP) is 3.81. The Morgan fingerprint density at radius 3 is 2.36 bits per heavy atom. The van der Waals surface area contributed by atoms with Crippen LogP contribution in [0.2, 0.25) is 0 Å². The highest BCUT2D eigenvalue weighted by Gasteiger charge is 2.28. The monoisotopic (exact) mass is 342 g/mol. The van der Waals surface area contributed by atoms with Crippen molar-refractivity contribution in [3.63, 3.8) is 0 Å². The van der Waals surface area contributed by atoms with Gasteiger partial charge < -0.3 is 5.32 Å². The average molecular weight is 342 g/mol. The molecular formula is C19H16F2N2O2. The quantitative estimate of drug-likeness (QED) is 0.812. The Labute approximate surface area is 144 Å². The number of benzene rings is 2. The van der Waals surface area contributed by atoms with Crippen LogP contribution < -0.4 is 5.32 Å². The molecule has 0 fully saturated rings. The van der Waals surface area contributed by atoms with Crippen molar-refractivity contribution in [1.29, 1.82) is 5.26 Å². The van der Waals surface area contributed by atoms with E-state index in [-0.39, 0.29) is 23.8 Å². The maximum absolute atomic E-state index is 13.6. The molecule has 6 heteroatoms. The molecule has 0 bridgehead atoms. The summed E-state index contributed by atoms with van der Waals surface area (Å²) in [6.45, 7) is 1.74. The minimum Gasteiger partial charge on any atom is -0.322 e. The lowest BCUT2D eigenvalue weighted by Gasteiger charge is -2.14. The molecule has 0 radical (unpaired) electrons. The maximum atomic E-state index is 13.6. The Morgan fingerprint density at radius 1 is 1.12 bits per heavy atom. The van der Waals surface area contributed by atoms with E-state index in [1.165, 1.54) is 30.3 Å². The van der Waals surface area contributed by atoms with E-state index in [0.717, 1.165) is 11.6 Å². The number of amides is 1. The second-order valence-corrected chi connectivity index (χ2v) is 5.65. The Bertz CT molecular complexity index is 813. The molecule has 0 aliphatic rings. The first kappa shape index (κ1) is 18.3. The molecule has 0 aliphatic heterocycles. The van der Waals surface area contributed by atoms with E-state index in [0.29, 0.717) is 0 Å². The van der Waals surface area contributed by atoms with Crippen LogP contribution in [0.3, 0.4) is 0 Å². The lowest BCUT2D eigenvalue weighted by atomic mass is 9.91. The van der Waals surface area contributed by atoms with Crippen molar-refractivity contribution >= 4 is 17.4 Å². The first-order valence-electron chi connectivity index (χ1n) is 7.65. The Kier molecular flexibility index (Phi) is 5.96. The zero-order valence-electron chi connectivity index (χ0n) is 13.5. The molecule has 0 aromatic heterocycles. The lowest BCUT2D eigenvalue weighted by Crippen LogP contribution is -2.29. The molecule has 0 heterocycles. The van der Waals surface area contributed by atoms with Crippen LogP contribution in [-0.4, -0.2) is 11.7 Å². The smallest absolute Gasteiger partial charge is 0.249 e. The number of nitrogens with zero attached hydrogens (tertiary/aromatic N) is 1. The van der Waals surface area contributed by atoms with E-state index in [1.807, 2.05) is 0 Å². The molecular weight excluding hydrogens is 326 g/mol. The van der Waals surface area contributed by atoms with Crippen LogP contribution in [-0.2, 0) is 9.59 Å². The summed E-state index contributed by atoms with van der Waals surface area (Å²) in [4.78, 5) is 24.4. The number of halogens is 2. The Balaban J connectivity index is 2.05. The van der Waals surface area contributed by atoms with Crippen LogP contribution in [0.4, 0.5) is 14.5 Å². The molecule has 2 aromatic carbocycles. The minimum absolute atomic E-state index is 0.0610. The molecule has 4 nitrogen and oxygen atoms in total. The van der Waals surface area contributed by atoms with Gasteiger partial charge in [0, 0.05) is 6.42 Å². The highest BCUT2D eigenvalue weighted by Crippen LogP contribution is 2.22. The van der Waals surface area contributed by atoms with Gasteiger partial charge in [0.15, 0.2) is 11.7 Å². The lowest BCUT2D eigenvalue weighted by molar-refractivity contribution is -0.129. The molecule has 0 spiro atoms. The average Bonchev–Trinajstić information content (AvgIpc) is 2.58. The van der Waals surface area contributed by atoms with Gasteiger partial charge in [0.05, 0.1) is 11.8 Å². The highest BCUT2D eigenvalue weighted by molar-refractivity contribution is 6.09. The largest absolute Gasteiger partial charge is 0.322 e. The van der Waals surface area contributed by atoms with Crippen LogP contribution in [0, 0.1) is 28.9 Å². The van der Waals surface area contributed by atoms with Crippen LogP contribution >= 0.6 is 0 Å². The number of hydrogen-bond acceptors (Lipinski definition) is 3. The van der Waals surface area contributed by atoms with E-state index >= 15 is 0 Å². The molecule has 2 rings (SSSR count). The summed E-state index contributed by atoms with van der Waals surface area (Å²) >= 11 is 0.